The molecule has 18 heavy (non-hydrogen) atoms. The Morgan fingerprint density at radius 2 is 1.83 bits per heavy atom. The summed E-state index contributed by atoms with van der Waals surface area (Å²) in [6, 6.07) is 6.33. The lowest BCUT2D eigenvalue weighted by Crippen LogP contribution is -2.22. The summed E-state index contributed by atoms with van der Waals surface area (Å²) in [6.07, 6.45) is 9.20. The normalized spacial score (nSPS) is 17.8. The number of nitrogens with two attached hydrogens (primary N) is 1. The average Bonchev–Trinajstić information content (AvgIpc) is 2.33. The van der Waals surface area contributed by atoms with Crippen LogP contribution in [0.2, 0.25) is 0 Å². The van der Waals surface area contributed by atoms with E-state index in [2.05, 4.69) is 10.3 Å². The summed E-state index contributed by atoms with van der Waals surface area (Å²) in [5.41, 5.74) is 6.30. The van der Waals surface area contributed by atoms with Gasteiger partial charge in [0.15, 0.2) is 0 Å². The van der Waals surface area contributed by atoms with Gasteiger partial charge in [-0.25, -0.2) is 4.98 Å². The first-order valence-electron chi connectivity index (χ1n) is 6.79. The molecule has 1 saturated carbocycles. The van der Waals surface area contributed by atoms with Crippen molar-refractivity contribution in [2.24, 2.45) is 5.73 Å². The van der Waals surface area contributed by atoms with Gasteiger partial charge in [-0.3, -0.25) is 0 Å². The second-order valence-corrected chi connectivity index (χ2v) is 5.40. The highest BCUT2D eigenvalue weighted by atomic mass is 32.1. The second-order valence-electron chi connectivity index (χ2n) is 4.96. The second kappa shape index (κ2) is 6.69. The number of pyridine rings is 1. The van der Waals surface area contributed by atoms with E-state index in [1.54, 1.807) is 0 Å². The van der Waals surface area contributed by atoms with Crippen molar-refractivity contribution in [1.29, 1.82) is 0 Å². The van der Waals surface area contributed by atoms with Crippen LogP contribution in [-0.2, 0) is 0 Å². The lowest BCUT2D eigenvalue weighted by Gasteiger charge is -2.21. The van der Waals surface area contributed by atoms with Crippen LogP contribution in [0.4, 0.5) is 5.82 Å². The van der Waals surface area contributed by atoms with Gasteiger partial charge < -0.3 is 11.1 Å². The minimum Gasteiger partial charge on any atom is -0.388 e. The van der Waals surface area contributed by atoms with Crippen LogP contribution in [0.3, 0.4) is 0 Å². The van der Waals surface area contributed by atoms with Crippen molar-refractivity contribution in [2.45, 2.75) is 51.0 Å². The van der Waals surface area contributed by atoms with Crippen molar-refractivity contribution in [3.05, 3.63) is 23.9 Å². The van der Waals surface area contributed by atoms with E-state index in [1.807, 2.05) is 18.2 Å². The maximum absolute atomic E-state index is 5.60. The minimum absolute atomic E-state index is 0.358. The Labute approximate surface area is 114 Å². The zero-order chi connectivity index (χ0) is 12.8. The molecule has 0 radical (unpaired) electrons. The maximum atomic E-state index is 5.60. The molecule has 0 unspecified atom stereocenters. The molecule has 3 N–H and O–H groups in total. The standard InChI is InChI=1S/C14H21N3S/c15-14(18)12-9-6-10-13(17-12)16-11-7-4-2-1-3-5-8-11/h6,9-11H,1-5,7-8H2,(H2,15,18)(H,16,17). The van der Waals surface area contributed by atoms with E-state index in [-0.39, 0.29) is 0 Å². The molecule has 1 aromatic heterocycles. The zero-order valence-electron chi connectivity index (χ0n) is 10.7. The molecule has 3 nitrogen and oxygen atoms in total. The molecule has 2 rings (SSSR count). The molecule has 0 aliphatic heterocycles. The first kappa shape index (κ1) is 13.3. The third-order valence-corrected chi connectivity index (χ3v) is 3.67. The van der Waals surface area contributed by atoms with Gasteiger partial charge in [0.2, 0.25) is 0 Å². The fourth-order valence-electron chi connectivity index (χ4n) is 2.46. The summed E-state index contributed by atoms with van der Waals surface area (Å²) in [5.74, 6) is 0.894. The highest BCUT2D eigenvalue weighted by molar-refractivity contribution is 7.80. The van der Waals surface area contributed by atoms with E-state index in [4.69, 9.17) is 18.0 Å². The van der Waals surface area contributed by atoms with Crippen LogP contribution in [-0.4, -0.2) is 16.0 Å². The van der Waals surface area contributed by atoms with E-state index >= 15 is 0 Å². The highest BCUT2D eigenvalue weighted by Crippen LogP contribution is 2.20. The number of hydrogen-bond acceptors (Lipinski definition) is 3. The van der Waals surface area contributed by atoms with Crippen molar-refractivity contribution in [2.75, 3.05) is 5.32 Å². The number of thiocarbonyl (C=S) groups is 1. The summed E-state index contributed by atoms with van der Waals surface area (Å²) in [5, 5.41) is 3.52. The predicted molar refractivity (Wildman–Crippen MR) is 79.9 cm³/mol. The van der Waals surface area contributed by atoms with Crippen LogP contribution >= 0.6 is 12.2 Å². The van der Waals surface area contributed by atoms with Gasteiger partial charge in [-0.15, -0.1) is 0 Å². The average molecular weight is 263 g/mol. The third-order valence-electron chi connectivity index (χ3n) is 3.46. The summed E-state index contributed by atoms with van der Waals surface area (Å²) in [6.45, 7) is 0. The lowest BCUT2D eigenvalue weighted by atomic mass is 9.97. The number of nitrogens with zero attached hydrogens (tertiary/aromatic N) is 1. The van der Waals surface area contributed by atoms with Crippen LogP contribution < -0.4 is 11.1 Å². The smallest absolute Gasteiger partial charge is 0.126 e. The Bertz CT molecular complexity index is 398. The fraction of sp³-hybridized carbons (Fsp3) is 0.571. The van der Waals surface area contributed by atoms with Gasteiger partial charge in [-0.1, -0.05) is 50.4 Å². The number of hydrogen-bond donors (Lipinski definition) is 2. The number of rotatable bonds is 3. The van der Waals surface area contributed by atoms with Gasteiger partial charge in [0.25, 0.3) is 0 Å². The molecular formula is C14H21N3S. The van der Waals surface area contributed by atoms with Gasteiger partial charge in [-0.2, -0.15) is 0 Å². The van der Waals surface area contributed by atoms with Crippen molar-refractivity contribution < 1.29 is 0 Å². The molecule has 1 aliphatic rings. The quantitative estimate of drug-likeness (QED) is 0.822. The Morgan fingerprint density at radius 3 is 2.50 bits per heavy atom. The molecule has 0 spiro atoms. The van der Waals surface area contributed by atoms with Crippen molar-refractivity contribution in [3.8, 4) is 0 Å². The molecule has 1 fully saturated rings. The Balaban J connectivity index is 1.98. The molecule has 1 aromatic rings. The molecule has 1 heterocycles. The molecule has 0 amide bonds. The molecule has 98 valence electrons. The number of aromatic nitrogens is 1. The molecule has 0 aromatic carbocycles. The Hall–Kier alpha value is -1.16. The van der Waals surface area contributed by atoms with Crippen molar-refractivity contribution >= 4 is 23.0 Å². The Morgan fingerprint density at radius 1 is 1.17 bits per heavy atom. The summed E-state index contributed by atoms with van der Waals surface area (Å²) in [7, 11) is 0. The van der Waals surface area contributed by atoms with Crippen LogP contribution in [0.25, 0.3) is 0 Å². The SMILES string of the molecule is NC(=S)c1cccc(NC2CCCCCCC2)n1. The van der Waals surface area contributed by atoms with E-state index < -0.39 is 0 Å². The van der Waals surface area contributed by atoms with Crippen LogP contribution in [0, 0.1) is 0 Å². The van der Waals surface area contributed by atoms with E-state index in [9.17, 15) is 0 Å². The minimum atomic E-state index is 0.358. The van der Waals surface area contributed by atoms with Crippen molar-refractivity contribution in [1.82, 2.24) is 4.98 Å². The third kappa shape index (κ3) is 3.95. The first-order valence-corrected chi connectivity index (χ1v) is 7.20. The zero-order valence-corrected chi connectivity index (χ0v) is 11.5. The van der Waals surface area contributed by atoms with Gasteiger partial charge in [-0.05, 0) is 25.0 Å². The first-order chi connectivity index (χ1) is 8.75. The molecule has 4 heteroatoms. The molecular weight excluding hydrogens is 242 g/mol. The molecule has 0 bridgehead atoms. The number of nitrogens with one attached hydrogen (secondary N) is 1. The number of anilines is 1. The van der Waals surface area contributed by atoms with Gasteiger partial charge in [0.1, 0.15) is 10.8 Å². The van der Waals surface area contributed by atoms with Gasteiger partial charge in [0, 0.05) is 6.04 Å². The topological polar surface area (TPSA) is 50.9 Å². The largest absolute Gasteiger partial charge is 0.388 e. The van der Waals surface area contributed by atoms with Crippen LogP contribution in [0.1, 0.15) is 50.6 Å². The monoisotopic (exact) mass is 263 g/mol. The van der Waals surface area contributed by atoms with Gasteiger partial charge in [0.05, 0.1) is 5.69 Å². The Kier molecular flexibility index (Phi) is 4.93. The predicted octanol–water partition coefficient (Wildman–Crippen LogP) is 3.24. The lowest BCUT2D eigenvalue weighted by molar-refractivity contribution is 0.471. The van der Waals surface area contributed by atoms with Gasteiger partial charge >= 0.3 is 0 Å². The summed E-state index contributed by atoms with van der Waals surface area (Å²) >= 11 is 4.95. The summed E-state index contributed by atoms with van der Waals surface area (Å²) < 4.78 is 0. The molecule has 0 saturated heterocycles. The highest BCUT2D eigenvalue weighted by Gasteiger charge is 2.11. The van der Waals surface area contributed by atoms with Crippen LogP contribution in [0.15, 0.2) is 18.2 Å². The van der Waals surface area contributed by atoms with Crippen LogP contribution in [0.5, 0.6) is 0 Å². The molecule has 0 atom stereocenters. The van der Waals surface area contributed by atoms with E-state index in [0.717, 1.165) is 5.82 Å². The summed E-state index contributed by atoms with van der Waals surface area (Å²) in [4.78, 5) is 4.80. The van der Waals surface area contributed by atoms with Crippen molar-refractivity contribution in [3.63, 3.8) is 0 Å². The van der Waals surface area contributed by atoms with E-state index in [0.29, 0.717) is 16.7 Å². The molecule has 1 aliphatic carbocycles. The maximum Gasteiger partial charge on any atom is 0.126 e. The fourth-order valence-corrected chi connectivity index (χ4v) is 2.58. The van der Waals surface area contributed by atoms with E-state index in [1.165, 1.54) is 44.9 Å².